The molecular formula is C14H14ClNO2. The Bertz CT molecular complexity index is 623. The number of fused-ring (bicyclic) bond motifs is 1. The van der Waals surface area contributed by atoms with E-state index in [1.807, 2.05) is 32.0 Å². The molecule has 0 saturated heterocycles. The molecule has 0 bridgehead atoms. The molecule has 1 aromatic heterocycles. The summed E-state index contributed by atoms with van der Waals surface area (Å²) in [6.07, 6.45) is 0.554. The number of aromatic nitrogens is 1. The topological polar surface area (TPSA) is 50.2 Å². The second kappa shape index (κ2) is 4.94. The van der Waals surface area contributed by atoms with Crippen LogP contribution in [0.4, 0.5) is 0 Å². The van der Waals surface area contributed by atoms with E-state index >= 15 is 0 Å². The minimum Gasteiger partial charge on any atom is -0.481 e. The van der Waals surface area contributed by atoms with Crippen LogP contribution in [0.3, 0.4) is 0 Å². The molecule has 2 rings (SSSR count). The number of hydrogen-bond donors (Lipinski definition) is 1. The highest BCUT2D eigenvalue weighted by Crippen LogP contribution is 2.25. The van der Waals surface area contributed by atoms with Gasteiger partial charge in [0.2, 0.25) is 0 Å². The quantitative estimate of drug-likeness (QED) is 0.922. The van der Waals surface area contributed by atoms with E-state index in [1.165, 1.54) is 0 Å². The normalized spacial score (nSPS) is 10.8. The summed E-state index contributed by atoms with van der Waals surface area (Å²) in [4.78, 5) is 15.1. The van der Waals surface area contributed by atoms with E-state index in [9.17, 15) is 4.79 Å². The molecule has 0 saturated carbocycles. The maximum atomic E-state index is 10.6. The Morgan fingerprint density at radius 3 is 2.67 bits per heavy atom. The van der Waals surface area contributed by atoms with Crippen molar-refractivity contribution in [1.29, 1.82) is 0 Å². The fraction of sp³-hybridized carbons (Fsp3) is 0.286. The average molecular weight is 264 g/mol. The standard InChI is InChI=1S/C14H14ClNO2/c1-8-6-11(3-4-13(17)18)16-14-9(2)5-10(15)7-12(8)14/h5-7H,3-4H2,1-2H3,(H,17,18). The Labute approximate surface area is 110 Å². The number of aryl methyl sites for hydroxylation is 3. The number of benzene rings is 1. The van der Waals surface area contributed by atoms with Gasteiger partial charge in [-0.05, 0) is 43.2 Å². The van der Waals surface area contributed by atoms with E-state index in [0.717, 1.165) is 27.7 Å². The molecule has 0 radical (unpaired) electrons. The number of halogens is 1. The van der Waals surface area contributed by atoms with Gasteiger partial charge in [-0.1, -0.05) is 11.6 Å². The van der Waals surface area contributed by atoms with Gasteiger partial charge in [0.25, 0.3) is 0 Å². The molecule has 18 heavy (non-hydrogen) atoms. The smallest absolute Gasteiger partial charge is 0.303 e. The molecule has 2 aromatic rings. The van der Waals surface area contributed by atoms with E-state index in [-0.39, 0.29) is 6.42 Å². The lowest BCUT2D eigenvalue weighted by atomic mass is 10.0. The van der Waals surface area contributed by atoms with E-state index in [2.05, 4.69) is 4.98 Å². The Morgan fingerprint density at radius 1 is 1.28 bits per heavy atom. The van der Waals surface area contributed by atoms with Crippen molar-refractivity contribution in [3.63, 3.8) is 0 Å². The van der Waals surface area contributed by atoms with E-state index in [4.69, 9.17) is 16.7 Å². The van der Waals surface area contributed by atoms with Gasteiger partial charge in [0, 0.05) is 22.5 Å². The van der Waals surface area contributed by atoms with Gasteiger partial charge in [-0.25, -0.2) is 0 Å². The Morgan fingerprint density at radius 2 is 2.00 bits per heavy atom. The van der Waals surface area contributed by atoms with Crippen LogP contribution in [0, 0.1) is 13.8 Å². The van der Waals surface area contributed by atoms with Crippen LogP contribution < -0.4 is 0 Å². The van der Waals surface area contributed by atoms with Gasteiger partial charge in [-0.2, -0.15) is 0 Å². The summed E-state index contributed by atoms with van der Waals surface area (Å²) in [7, 11) is 0. The largest absolute Gasteiger partial charge is 0.481 e. The van der Waals surface area contributed by atoms with Gasteiger partial charge in [0.1, 0.15) is 0 Å². The highest BCUT2D eigenvalue weighted by atomic mass is 35.5. The molecule has 0 spiro atoms. The fourth-order valence-electron chi connectivity index (χ4n) is 2.05. The van der Waals surface area contributed by atoms with E-state index in [1.54, 1.807) is 0 Å². The molecule has 0 fully saturated rings. The van der Waals surface area contributed by atoms with Crippen molar-refractivity contribution in [2.24, 2.45) is 0 Å². The molecule has 0 aliphatic rings. The minimum absolute atomic E-state index is 0.102. The maximum absolute atomic E-state index is 10.6. The van der Waals surface area contributed by atoms with Crippen molar-refractivity contribution in [3.8, 4) is 0 Å². The van der Waals surface area contributed by atoms with Crippen LogP contribution in [0.15, 0.2) is 18.2 Å². The van der Waals surface area contributed by atoms with Crippen molar-refractivity contribution >= 4 is 28.5 Å². The van der Waals surface area contributed by atoms with Crippen LogP contribution in [0.5, 0.6) is 0 Å². The molecule has 1 heterocycles. The number of rotatable bonds is 3. The summed E-state index contributed by atoms with van der Waals surface area (Å²) >= 11 is 6.03. The predicted molar refractivity (Wildman–Crippen MR) is 72.2 cm³/mol. The summed E-state index contributed by atoms with van der Waals surface area (Å²) in [6, 6.07) is 5.70. The van der Waals surface area contributed by atoms with E-state index < -0.39 is 5.97 Å². The summed E-state index contributed by atoms with van der Waals surface area (Å²) in [5, 5.41) is 10.4. The Balaban J connectivity index is 2.51. The molecule has 0 amide bonds. The Kier molecular flexibility index (Phi) is 3.53. The first-order valence-corrected chi connectivity index (χ1v) is 6.13. The van der Waals surface area contributed by atoms with Crippen molar-refractivity contribution in [2.45, 2.75) is 26.7 Å². The van der Waals surface area contributed by atoms with Gasteiger partial charge < -0.3 is 5.11 Å². The number of carbonyl (C=O) groups is 1. The molecule has 1 aromatic carbocycles. The highest BCUT2D eigenvalue weighted by molar-refractivity contribution is 6.31. The third-order valence-electron chi connectivity index (χ3n) is 2.92. The highest BCUT2D eigenvalue weighted by Gasteiger charge is 2.08. The fourth-order valence-corrected chi connectivity index (χ4v) is 2.32. The van der Waals surface area contributed by atoms with Crippen molar-refractivity contribution in [1.82, 2.24) is 4.98 Å². The SMILES string of the molecule is Cc1cc(CCC(=O)O)nc2c(C)cc(Cl)cc12. The van der Waals surface area contributed by atoms with Gasteiger partial charge >= 0.3 is 5.97 Å². The zero-order valence-corrected chi connectivity index (χ0v) is 11.1. The molecule has 3 nitrogen and oxygen atoms in total. The zero-order valence-electron chi connectivity index (χ0n) is 10.3. The average Bonchev–Trinajstić information content (AvgIpc) is 2.28. The second-order valence-electron chi connectivity index (χ2n) is 4.44. The number of pyridine rings is 1. The van der Waals surface area contributed by atoms with Crippen molar-refractivity contribution < 1.29 is 9.90 Å². The zero-order chi connectivity index (χ0) is 13.3. The lowest BCUT2D eigenvalue weighted by Crippen LogP contribution is -2.00. The first kappa shape index (κ1) is 12.8. The molecule has 94 valence electrons. The number of hydrogen-bond acceptors (Lipinski definition) is 2. The Hall–Kier alpha value is -1.61. The van der Waals surface area contributed by atoms with Crippen LogP contribution in [0.25, 0.3) is 10.9 Å². The molecule has 0 unspecified atom stereocenters. The molecule has 0 atom stereocenters. The third kappa shape index (κ3) is 2.62. The third-order valence-corrected chi connectivity index (χ3v) is 3.14. The lowest BCUT2D eigenvalue weighted by Gasteiger charge is -2.08. The summed E-state index contributed by atoms with van der Waals surface area (Å²) in [5.74, 6) is -0.803. The molecular weight excluding hydrogens is 250 g/mol. The first-order chi connectivity index (χ1) is 8.47. The van der Waals surface area contributed by atoms with Crippen LogP contribution in [-0.4, -0.2) is 16.1 Å². The van der Waals surface area contributed by atoms with Gasteiger partial charge in [-0.15, -0.1) is 0 Å². The molecule has 0 aliphatic heterocycles. The number of aliphatic carboxylic acids is 1. The number of carboxylic acids is 1. The second-order valence-corrected chi connectivity index (χ2v) is 4.88. The first-order valence-electron chi connectivity index (χ1n) is 5.75. The van der Waals surface area contributed by atoms with Gasteiger partial charge in [0.05, 0.1) is 11.9 Å². The predicted octanol–water partition coefficient (Wildman–Crippen LogP) is 3.52. The summed E-state index contributed by atoms with van der Waals surface area (Å²) < 4.78 is 0. The molecule has 0 aliphatic carbocycles. The minimum atomic E-state index is -0.803. The number of nitrogens with zero attached hydrogens (tertiary/aromatic N) is 1. The maximum Gasteiger partial charge on any atom is 0.303 e. The lowest BCUT2D eigenvalue weighted by molar-refractivity contribution is -0.136. The van der Waals surface area contributed by atoms with Gasteiger partial charge in [0.15, 0.2) is 0 Å². The summed E-state index contributed by atoms with van der Waals surface area (Å²) in [5.41, 5.74) is 3.80. The van der Waals surface area contributed by atoms with Crippen LogP contribution in [-0.2, 0) is 11.2 Å². The van der Waals surface area contributed by atoms with Crippen LogP contribution >= 0.6 is 11.6 Å². The van der Waals surface area contributed by atoms with E-state index in [0.29, 0.717) is 11.4 Å². The summed E-state index contributed by atoms with van der Waals surface area (Å²) in [6.45, 7) is 3.95. The van der Waals surface area contributed by atoms with Crippen molar-refractivity contribution in [3.05, 3.63) is 40.0 Å². The monoisotopic (exact) mass is 263 g/mol. The van der Waals surface area contributed by atoms with Gasteiger partial charge in [-0.3, -0.25) is 9.78 Å². The van der Waals surface area contributed by atoms with Crippen LogP contribution in [0.2, 0.25) is 5.02 Å². The van der Waals surface area contributed by atoms with Crippen molar-refractivity contribution in [2.75, 3.05) is 0 Å². The number of carboxylic acid groups (broad SMARTS) is 1. The molecule has 4 heteroatoms. The van der Waals surface area contributed by atoms with Crippen LogP contribution in [0.1, 0.15) is 23.2 Å². The molecule has 1 N–H and O–H groups in total.